The van der Waals surface area contributed by atoms with E-state index in [0.29, 0.717) is 28.9 Å². The molecule has 0 bridgehead atoms. The molecule has 2 heterocycles. The quantitative estimate of drug-likeness (QED) is 0.428. The second kappa shape index (κ2) is 10.4. The minimum atomic E-state index is -0.683. The summed E-state index contributed by atoms with van der Waals surface area (Å²) in [5.74, 6) is -0.888. The Morgan fingerprint density at radius 1 is 0.946 bits per heavy atom. The van der Waals surface area contributed by atoms with Gasteiger partial charge in [-0.05, 0) is 48.0 Å². The zero-order chi connectivity index (χ0) is 25.9. The van der Waals surface area contributed by atoms with Crippen LogP contribution in [0.4, 0.5) is 4.39 Å². The summed E-state index contributed by atoms with van der Waals surface area (Å²) in [7, 11) is 0. The summed E-state index contributed by atoms with van der Waals surface area (Å²) in [6.45, 7) is 1.26. The molecule has 0 aliphatic carbocycles. The Balaban J connectivity index is 1.26. The first-order valence-electron chi connectivity index (χ1n) is 11.7. The molecule has 5 rings (SSSR count). The third kappa shape index (κ3) is 5.31. The Morgan fingerprint density at radius 3 is 2.35 bits per heavy atom. The number of carbonyl (C=O) groups is 2. The second-order valence-corrected chi connectivity index (χ2v) is 9.06. The van der Waals surface area contributed by atoms with Gasteiger partial charge in [0.1, 0.15) is 11.6 Å². The number of halogens is 2. The maximum absolute atomic E-state index is 14.7. The van der Waals surface area contributed by atoms with E-state index < -0.39 is 11.7 Å². The van der Waals surface area contributed by atoms with Crippen LogP contribution >= 0.6 is 11.6 Å². The number of rotatable bonds is 5. The van der Waals surface area contributed by atoms with Gasteiger partial charge in [-0.3, -0.25) is 14.4 Å². The number of piperazine rings is 1. The molecular weight excluding hydrogens is 499 g/mol. The standard InChI is InChI=1S/C27H22ClFN4O4/c28-18-7-5-17(6-8-18)15-24(34)32-11-13-33(14-12-32)27(36)22-16-19(9-10-23(22)29)37-26-21-4-2-1-3-20(21)25(35)30-31-26/h1-10,16H,11-15H2,(H,30,35). The molecule has 1 aliphatic rings. The highest BCUT2D eigenvalue weighted by atomic mass is 35.5. The van der Waals surface area contributed by atoms with Crippen molar-refractivity contribution in [3.05, 3.63) is 99.1 Å². The first-order valence-corrected chi connectivity index (χ1v) is 12.0. The van der Waals surface area contributed by atoms with Gasteiger partial charge < -0.3 is 14.5 Å². The molecule has 0 radical (unpaired) electrons. The van der Waals surface area contributed by atoms with Gasteiger partial charge in [0.15, 0.2) is 0 Å². The van der Waals surface area contributed by atoms with Crippen molar-refractivity contribution < 1.29 is 18.7 Å². The number of benzene rings is 3. The third-order valence-electron chi connectivity index (χ3n) is 6.23. The lowest BCUT2D eigenvalue weighted by atomic mass is 10.1. The van der Waals surface area contributed by atoms with Crippen molar-refractivity contribution in [3.8, 4) is 11.6 Å². The summed E-state index contributed by atoms with van der Waals surface area (Å²) in [5.41, 5.74) is 0.354. The van der Waals surface area contributed by atoms with Crippen molar-refractivity contribution in [1.29, 1.82) is 0 Å². The number of nitrogens with one attached hydrogen (secondary N) is 1. The number of fused-ring (bicyclic) bond motifs is 1. The van der Waals surface area contributed by atoms with Gasteiger partial charge in [-0.25, -0.2) is 9.49 Å². The van der Waals surface area contributed by atoms with Crippen LogP contribution in [0.2, 0.25) is 5.02 Å². The van der Waals surface area contributed by atoms with E-state index in [0.717, 1.165) is 11.6 Å². The van der Waals surface area contributed by atoms with E-state index in [2.05, 4.69) is 10.2 Å². The SMILES string of the molecule is O=C(Cc1ccc(Cl)cc1)N1CCN(C(=O)c2cc(Oc3n[nH]c(=O)c4ccccc34)ccc2F)CC1. The number of hydrogen-bond donors (Lipinski definition) is 1. The van der Waals surface area contributed by atoms with E-state index in [1.54, 1.807) is 41.3 Å². The second-order valence-electron chi connectivity index (χ2n) is 8.62. The Morgan fingerprint density at radius 2 is 1.62 bits per heavy atom. The lowest BCUT2D eigenvalue weighted by Gasteiger charge is -2.35. The van der Waals surface area contributed by atoms with Crippen LogP contribution in [0.25, 0.3) is 10.8 Å². The van der Waals surface area contributed by atoms with Gasteiger partial charge in [-0.2, -0.15) is 0 Å². The molecular formula is C27H22ClFN4O4. The minimum absolute atomic E-state index is 0.0448. The average Bonchev–Trinajstić information content (AvgIpc) is 2.92. The highest BCUT2D eigenvalue weighted by Crippen LogP contribution is 2.27. The average molecular weight is 521 g/mol. The molecule has 3 aromatic carbocycles. The van der Waals surface area contributed by atoms with Gasteiger partial charge in [-0.15, -0.1) is 5.10 Å². The van der Waals surface area contributed by atoms with Gasteiger partial charge >= 0.3 is 0 Å². The van der Waals surface area contributed by atoms with Gasteiger partial charge in [0.05, 0.1) is 22.8 Å². The minimum Gasteiger partial charge on any atom is -0.437 e. The zero-order valence-electron chi connectivity index (χ0n) is 19.6. The number of amides is 2. The fourth-order valence-corrected chi connectivity index (χ4v) is 4.35. The lowest BCUT2D eigenvalue weighted by molar-refractivity contribution is -0.131. The van der Waals surface area contributed by atoms with Crippen LogP contribution in [0, 0.1) is 5.82 Å². The van der Waals surface area contributed by atoms with Crippen LogP contribution in [0.3, 0.4) is 0 Å². The normalized spacial score (nSPS) is 13.6. The van der Waals surface area contributed by atoms with Crippen LogP contribution in [0.1, 0.15) is 15.9 Å². The summed E-state index contributed by atoms with van der Waals surface area (Å²) in [5, 5.41) is 7.82. The molecule has 1 saturated heterocycles. The molecule has 1 aliphatic heterocycles. The maximum Gasteiger partial charge on any atom is 0.272 e. The van der Waals surface area contributed by atoms with E-state index in [9.17, 15) is 18.8 Å². The van der Waals surface area contributed by atoms with Crippen LogP contribution < -0.4 is 10.3 Å². The zero-order valence-corrected chi connectivity index (χ0v) is 20.4. The van der Waals surface area contributed by atoms with Crippen molar-refractivity contribution in [2.24, 2.45) is 0 Å². The van der Waals surface area contributed by atoms with Crippen molar-refractivity contribution in [3.63, 3.8) is 0 Å². The monoisotopic (exact) mass is 520 g/mol. The number of carbonyl (C=O) groups excluding carboxylic acids is 2. The smallest absolute Gasteiger partial charge is 0.272 e. The molecule has 1 N–H and O–H groups in total. The van der Waals surface area contributed by atoms with E-state index in [1.807, 2.05) is 12.1 Å². The van der Waals surface area contributed by atoms with E-state index in [1.165, 1.54) is 17.0 Å². The van der Waals surface area contributed by atoms with Crippen molar-refractivity contribution >= 4 is 34.2 Å². The Kier molecular flexibility index (Phi) is 6.87. The molecule has 37 heavy (non-hydrogen) atoms. The molecule has 4 aromatic rings. The van der Waals surface area contributed by atoms with Crippen LogP contribution in [0.5, 0.6) is 11.6 Å². The highest BCUT2D eigenvalue weighted by molar-refractivity contribution is 6.30. The van der Waals surface area contributed by atoms with Gasteiger partial charge in [0.25, 0.3) is 11.5 Å². The Labute approximate surface area is 216 Å². The molecule has 2 amide bonds. The Bertz CT molecular complexity index is 1530. The third-order valence-corrected chi connectivity index (χ3v) is 6.48. The fraction of sp³-hybridized carbons (Fsp3) is 0.185. The number of H-pyrrole nitrogens is 1. The van der Waals surface area contributed by atoms with Crippen LogP contribution in [-0.2, 0) is 11.2 Å². The largest absolute Gasteiger partial charge is 0.437 e. The van der Waals surface area contributed by atoms with Crippen molar-refractivity contribution in [1.82, 2.24) is 20.0 Å². The molecule has 0 unspecified atom stereocenters. The maximum atomic E-state index is 14.7. The predicted octanol–water partition coefficient (Wildman–Crippen LogP) is 4.04. The van der Waals surface area contributed by atoms with E-state index in [-0.39, 0.29) is 48.2 Å². The molecule has 0 spiro atoms. The fourth-order valence-electron chi connectivity index (χ4n) is 4.23. The molecule has 8 nitrogen and oxygen atoms in total. The topological polar surface area (TPSA) is 95.6 Å². The summed E-state index contributed by atoms with van der Waals surface area (Å²) in [6.07, 6.45) is 0.243. The predicted molar refractivity (Wildman–Crippen MR) is 136 cm³/mol. The first kappa shape index (κ1) is 24.5. The number of aromatic amines is 1. The Hall–Kier alpha value is -4.24. The molecule has 0 atom stereocenters. The van der Waals surface area contributed by atoms with Crippen LogP contribution in [-0.4, -0.2) is 58.0 Å². The number of ether oxygens (including phenoxy) is 1. The summed E-state index contributed by atoms with van der Waals surface area (Å²) >= 11 is 5.90. The summed E-state index contributed by atoms with van der Waals surface area (Å²) < 4.78 is 20.5. The number of nitrogens with zero attached hydrogens (tertiary/aromatic N) is 3. The van der Waals surface area contributed by atoms with Gasteiger partial charge in [0, 0.05) is 31.2 Å². The van der Waals surface area contributed by atoms with Crippen molar-refractivity contribution in [2.45, 2.75) is 6.42 Å². The van der Waals surface area contributed by atoms with Gasteiger partial charge in [-0.1, -0.05) is 35.9 Å². The van der Waals surface area contributed by atoms with Crippen molar-refractivity contribution in [2.75, 3.05) is 26.2 Å². The summed E-state index contributed by atoms with van der Waals surface area (Å²) in [4.78, 5) is 41.0. The lowest BCUT2D eigenvalue weighted by Crippen LogP contribution is -2.51. The molecule has 1 aromatic heterocycles. The first-order chi connectivity index (χ1) is 17.9. The molecule has 1 fully saturated rings. The molecule has 0 saturated carbocycles. The van der Waals surface area contributed by atoms with Crippen LogP contribution in [0.15, 0.2) is 71.5 Å². The van der Waals surface area contributed by atoms with E-state index in [4.69, 9.17) is 16.3 Å². The molecule has 10 heteroatoms. The number of aromatic nitrogens is 2. The highest BCUT2D eigenvalue weighted by Gasteiger charge is 2.27. The van der Waals surface area contributed by atoms with Gasteiger partial charge in [0.2, 0.25) is 11.8 Å². The number of hydrogen-bond acceptors (Lipinski definition) is 5. The molecule has 188 valence electrons. The summed E-state index contributed by atoms with van der Waals surface area (Å²) in [6, 6.07) is 17.8. The van der Waals surface area contributed by atoms with E-state index >= 15 is 0 Å².